The monoisotopic (exact) mass is 382 g/mol. The smallest absolute Gasteiger partial charge is 0.256 e. The molecule has 3 aromatic rings. The fourth-order valence-corrected chi connectivity index (χ4v) is 3.71. The number of aromatic nitrogens is 3. The van der Waals surface area contributed by atoms with E-state index in [0.717, 1.165) is 42.6 Å². The third-order valence-electron chi connectivity index (χ3n) is 5.09. The molecule has 1 aromatic heterocycles. The predicted molar refractivity (Wildman–Crippen MR) is 100 cm³/mol. The first-order valence-electron chi connectivity index (χ1n) is 9.30. The molecule has 0 spiro atoms. The third kappa shape index (κ3) is 3.78. The number of halogens is 2. The van der Waals surface area contributed by atoms with Gasteiger partial charge in [0.25, 0.3) is 5.91 Å². The lowest BCUT2D eigenvalue weighted by atomic mass is 9.94. The van der Waals surface area contributed by atoms with Crippen molar-refractivity contribution in [3.63, 3.8) is 0 Å². The van der Waals surface area contributed by atoms with Gasteiger partial charge in [-0.1, -0.05) is 18.2 Å². The largest absolute Gasteiger partial charge is 0.338 e. The Hall–Kier alpha value is -3.09. The van der Waals surface area contributed by atoms with Crippen LogP contribution in [0.25, 0.3) is 5.69 Å². The molecule has 0 N–H and O–H groups in total. The summed E-state index contributed by atoms with van der Waals surface area (Å²) < 4.78 is 29.4. The Morgan fingerprint density at radius 1 is 1.14 bits per heavy atom. The van der Waals surface area contributed by atoms with E-state index in [1.807, 2.05) is 34.9 Å². The molecule has 2 heterocycles. The molecule has 1 atom stereocenters. The van der Waals surface area contributed by atoms with Gasteiger partial charge in [0.2, 0.25) is 0 Å². The summed E-state index contributed by atoms with van der Waals surface area (Å²) in [5.41, 5.74) is 0.765. The highest BCUT2D eigenvalue weighted by Gasteiger charge is 2.27. The highest BCUT2D eigenvalue weighted by molar-refractivity contribution is 5.94. The van der Waals surface area contributed by atoms with E-state index in [1.54, 1.807) is 11.2 Å². The number of nitrogens with zero attached hydrogens (tertiary/aromatic N) is 4. The maximum absolute atomic E-state index is 14.0. The van der Waals surface area contributed by atoms with Gasteiger partial charge in [0.1, 0.15) is 23.8 Å². The summed E-state index contributed by atoms with van der Waals surface area (Å²) in [5, 5.41) is 8.27. The van der Waals surface area contributed by atoms with Crippen LogP contribution in [0.3, 0.4) is 0 Å². The van der Waals surface area contributed by atoms with Gasteiger partial charge in [0.15, 0.2) is 0 Å². The molecule has 144 valence electrons. The average Bonchev–Trinajstić information content (AvgIpc) is 3.18. The van der Waals surface area contributed by atoms with E-state index in [0.29, 0.717) is 19.5 Å². The van der Waals surface area contributed by atoms with E-state index < -0.39 is 17.5 Å². The fraction of sp³-hybridized carbons (Fsp3) is 0.286. The molecular weight excluding hydrogens is 362 g/mol. The van der Waals surface area contributed by atoms with Gasteiger partial charge in [-0.3, -0.25) is 9.36 Å². The molecule has 1 aliphatic rings. The van der Waals surface area contributed by atoms with Crippen LogP contribution < -0.4 is 0 Å². The number of amides is 1. The molecule has 1 unspecified atom stereocenters. The summed E-state index contributed by atoms with van der Waals surface area (Å²) in [6.07, 6.45) is 4.09. The lowest BCUT2D eigenvalue weighted by Gasteiger charge is -2.32. The highest BCUT2D eigenvalue weighted by Crippen LogP contribution is 2.23. The van der Waals surface area contributed by atoms with Crippen LogP contribution in [0.2, 0.25) is 0 Å². The molecule has 5 nitrogen and oxygen atoms in total. The van der Waals surface area contributed by atoms with Gasteiger partial charge in [-0.25, -0.2) is 8.78 Å². The van der Waals surface area contributed by atoms with Gasteiger partial charge in [0.05, 0.1) is 5.56 Å². The summed E-state index contributed by atoms with van der Waals surface area (Å²) in [6.45, 7) is 1.02. The minimum absolute atomic E-state index is 0.181. The molecule has 2 aromatic carbocycles. The molecule has 7 heteroatoms. The standard InChI is InChI=1S/C21H20F2N4O/c22-16-8-9-19(23)18(12-16)21(28)26-10-4-5-15(13-26)11-20-25-24-14-27(20)17-6-2-1-3-7-17/h1-3,6-9,12,14-15H,4-5,10-11,13H2. The van der Waals surface area contributed by atoms with E-state index >= 15 is 0 Å². The summed E-state index contributed by atoms with van der Waals surface area (Å²) in [5.74, 6) is -0.777. The SMILES string of the molecule is O=C(c1cc(F)ccc1F)N1CCCC(Cc2nncn2-c2ccccc2)C1. The van der Waals surface area contributed by atoms with Gasteiger partial charge < -0.3 is 4.90 Å². The Morgan fingerprint density at radius 2 is 1.96 bits per heavy atom. The molecule has 0 aliphatic carbocycles. The lowest BCUT2D eigenvalue weighted by Crippen LogP contribution is -2.41. The zero-order chi connectivity index (χ0) is 19.5. The van der Waals surface area contributed by atoms with Crippen LogP contribution in [0.1, 0.15) is 29.0 Å². The number of hydrogen-bond donors (Lipinski definition) is 0. The molecule has 1 fully saturated rings. The Morgan fingerprint density at radius 3 is 2.79 bits per heavy atom. The first-order valence-corrected chi connectivity index (χ1v) is 9.30. The van der Waals surface area contributed by atoms with Crippen LogP contribution in [0.15, 0.2) is 54.9 Å². The van der Waals surface area contributed by atoms with Crippen molar-refractivity contribution in [2.75, 3.05) is 13.1 Å². The van der Waals surface area contributed by atoms with E-state index in [-0.39, 0.29) is 11.5 Å². The minimum atomic E-state index is -0.697. The van der Waals surface area contributed by atoms with Crippen LogP contribution in [0, 0.1) is 17.6 Å². The molecule has 0 radical (unpaired) electrons. The van der Waals surface area contributed by atoms with Crippen LogP contribution in [0.5, 0.6) is 0 Å². The molecule has 1 aliphatic heterocycles. The first kappa shape index (κ1) is 18.3. The van der Waals surface area contributed by atoms with Gasteiger partial charge in [-0.15, -0.1) is 10.2 Å². The molecular formula is C21H20F2N4O. The van der Waals surface area contributed by atoms with Gasteiger partial charge >= 0.3 is 0 Å². The maximum Gasteiger partial charge on any atom is 0.256 e. The van der Waals surface area contributed by atoms with Crippen molar-refractivity contribution in [2.24, 2.45) is 5.92 Å². The number of rotatable bonds is 4. The summed E-state index contributed by atoms with van der Waals surface area (Å²) in [6, 6.07) is 12.8. The highest BCUT2D eigenvalue weighted by atomic mass is 19.1. The van der Waals surface area contributed by atoms with Crippen molar-refractivity contribution in [3.05, 3.63) is 77.9 Å². The number of para-hydroxylation sites is 1. The van der Waals surface area contributed by atoms with Gasteiger partial charge in [-0.2, -0.15) is 0 Å². The van der Waals surface area contributed by atoms with E-state index in [1.165, 1.54) is 0 Å². The summed E-state index contributed by atoms with van der Waals surface area (Å²) in [4.78, 5) is 14.3. The lowest BCUT2D eigenvalue weighted by molar-refractivity contribution is 0.0666. The number of likely N-dealkylation sites (tertiary alicyclic amines) is 1. The molecule has 1 amide bonds. The number of piperidine rings is 1. The van der Waals surface area contributed by atoms with Crippen LogP contribution in [0.4, 0.5) is 8.78 Å². The second-order valence-corrected chi connectivity index (χ2v) is 7.04. The first-order chi connectivity index (χ1) is 13.6. The summed E-state index contributed by atoms with van der Waals surface area (Å²) in [7, 11) is 0. The van der Waals surface area contributed by atoms with Crippen molar-refractivity contribution in [3.8, 4) is 5.69 Å². The third-order valence-corrected chi connectivity index (χ3v) is 5.09. The second kappa shape index (κ2) is 7.88. The molecule has 4 rings (SSSR count). The number of hydrogen-bond acceptors (Lipinski definition) is 3. The van der Waals surface area contributed by atoms with E-state index in [9.17, 15) is 13.6 Å². The van der Waals surface area contributed by atoms with Crippen molar-refractivity contribution >= 4 is 5.91 Å². The molecule has 1 saturated heterocycles. The predicted octanol–water partition coefficient (Wildman–Crippen LogP) is 3.64. The topological polar surface area (TPSA) is 51.0 Å². The minimum Gasteiger partial charge on any atom is -0.338 e. The Balaban J connectivity index is 1.49. The van der Waals surface area contributed by atoms with Crippen molar-refractivity contribution in [1.29, 1.82) is 0 Å². The average molecular weight is 382 g/mol. The quantitative estimate of drug-likeness (QED) is 0.692. The molecule has 0 saturated carbocycles. The van der Waals surface area contributed by atoms with Crippen LogP contribution >= 0.6 is 0 Å². The molecule has 28 heavy (non-hydrogen) atoms. The number of benzene rings is 2. The van der Waals surface area contributed by atoms with Crippen molar-refractivity contribution in [2.45, 2.75) is 19.3 Å². The van der Waals surface area contributed by atoms with Crippen LogP contribution in [-0.2, 0) is 6.42 Å². The zero-order valence-electron chi connectivity index (χ0n) is 15.3. The Bertz CT molecular complexity index is 974. The van der Waals surface area contributed by atoms with Gasteiger partial charge in [-0.05, 0) is 49.1 Å². The number of carbonyl (C=O) groups excluding carboxylic acids is 1. The Labute approximate surface area is 161 Å². The van der Waals surface area contributed by atoms with Crippen molar-refractivity contribution < 1.29 is 13.6 Å². The maximum atomic E-state index is 14.0. The normalized spacial score (nSPS) is 16.9. The Kier molecular flexibility index (Phi) is 5.14. The van der Waals surface area contributed by atoms with E-state index in [4.69, 9.17) is 0 Å². The van der Waals surface area contributed by atoms with Gasteiger partial charge in [0, 0.05) is 25.2 Å². The number of carbonyl (C=O) groups is 1. The molecule has 0 bridgehead atoms. The van der Waals surface area contributed by atoms with E-state index in [2.05, 4.69) is 10.2 Å². The van der Waals surface area contributed by atoms with Crippen LogP contribution in [-0.4, -0.2) is 38.7 Å². The zero-order valence-corrected chi connectivity index (χ0v) is 15.3. The summed E-state index contributed by atoms with van der Waals surface area (Å²) >= 11 is 0. The van der Waals surface area contributed by atoms with Crippen molar-refractivity contribution in [1.82, 2.24) is 19.7 Å². The second-order valence-electron chi connectivity index (χ2n) is 7.04. The fourth-order valence-electron chi connectivity index (χ4n) is 3.71.